The Hall–Kier alpha value is -4.19. The van der Waals surface area contributed by atoms with Crippen LogP contribution in [-0.4, -0.2) is 58.7 Å². The van der Waals surface area contributed by atoms with Gasteiger partial charge in [0, 0.05) is 69.3 Å². The van der Waals surface area contributed by atoms with E-state index in [0.29, 0.717) is 10.7 Å². The van der Waals surface area contributed by atoms with Crippen molar-refractivity contribution in [2.24, 2.45) is 0 Å². The number of hydrogen-bond acceptors (Lipinski definition) is 5. The van der Waals surface area contributed by atoms with Crippen molar-refractivity contribution in [3.05, 3.63) is 131 Å². The van der Waals surface area contributed by atoms with Gasteiger partial charge in [-0.1, -0.05) is 87.4 Å². The Morgan fingerprint density at radius 3 is 2.11 bits per heavy atom. The SMILES string of the molecule is CN1CCN(Cc2ccc(C(=O)Nc3nc(-c4cccc(C#CS(c5ccccc5)(c5ccccc5)C(C)(C)C)c4)cs3)cc2)CC1. The molecule has 4 aromatic carbocycles. The molecule has 0 spiro atoms. The van der Waals surface area contributed by atoms with Crippen LogP contribution in [0.4, 0.5) is 5.13 Å². The van der Waals surface area contributed by atoms with E-state index in [9.17, 15) is 4.79 Å². The molecule has 0 bridgehead atoms. The lowest BCUT2D eigenvalue weighted by Gasteiger charge is -2.47. The number of anilines is 1. The highest BCUT2D eigenvalue weighted by atomic mass is 32.3. The number of likely N-dealkylation sites (N-methyl/N-ethyl adjacent to an activating group) is 1. The zero-order valence-electron chi connectivity index (χ0n) is 27.6. The van der Waals surface area contributed by atoms with Gasteiger partial charge in [-0.05, 0) is 66.4 Å². The number of amides is 1. The molecule has 1 fully saturated rings. The average Bonchev–Trinajstić information content (AvgIpc) is 3.55. The zero-order chi connectivity index (χ0) is 32.9. The highest BCUT2D eigenvalue weighted by Gasteiger charge is 2.39. The first-order chi connectivity index (χ1) is 22.7. The van der Waals surface area contributed by atoms with Crippen LogP contribution >= 0.6 is 21.4 Å². The Morgan fingerprint density at radius 1 is 0.851 bits per heavy atom. The number of benzene rings is 4. The molecule has 7 heteroatoms. The number of carbonyl (C=O) groups excluding carboxylic acids is 1. The van der Waals surface area contributed by atoms with Gasteiger partial charge in [0.05, 0.1) is 5.69 Å². The molecule has 1 saturated heterocycles. The van der Waals surface area contributed by atoms with E-state index in [4.69, 9.17) is 4.98 Å². The van der Waals surface area contributed by atoms with Crippen LogP contribution in [0, 0.1) is 11.2 Å². The fraction of sp³-hybridized carbons (Fsp3) is 0.250. The van der Waals surface area contributed by atoms with Gasteiger partial charge in [0.15, 0.2) is 5.13 Å². The maximum atomic E-state index is 13.1. The molecule has 240 valence electrons. The number of piperazine rings is 1. The highest BCUT2D eigenvalue weighted by molar-refractivity contribution is 8.38. The minimum atomic E-state index is -1.72. The molecule has 1 amide bonds. The minimum Gasteiger partial charge on any atom is -0.304 e. The molecule has 0 unspecified atom stereocenters. The Bertz CT molecular complexity index is 1820. The molecule has 0 saturated carbocycles. The number of nitrogens with one attached hydrogen (secondary N) is 1. The van der Waals surface area contributed by atoms with E-state index < -0.39 is 10.0 Å². The van der Waals surface area contributed by atoms with E-state index in [1.165, 1.54) is 26.7 Å². The summed E-state index contributed by atoms with van der Waals surface area (Å²) in [6.07, 6.45) is 0. The average molecular weight is 659 g/mol. The lowest BCUT2D eigenvalue weighted by atomic mass is 10.1. The van der Waals surface area contributed by atoms with Crippen LogP contribution in [0.1, 0.15) is 42.3 Å². The van der Waals surface area contributed by atoms with Gasteiger partial charge in [-0.2, -0.15) is 0 Å². The quantitative estimate of drug-likeness (QED) is 0.178. The van der Waals surface area contributed by atoms with Crippen LogP contribution < -0.4 is 5.32 Å². The third kappa shape index (κ3) is 7.53. The van der Waals surface area contributed by atoms with Gasteiger partial charge in [0.2, 0.25) is 0 Å². The molecule has 47 heavy (non-hydrogen) atoms. The summed E-state index contributed by atoms with van der Waals surface area (Å²) in [5.74, 6) is 3.43. The number of nitrogens with zero attached hydrogens (tertiary/aromatic N) is 3. The lowest BCUT2D eigenvalue weighted by Crippen LogP contribution is -2.43. The zero-order valence-corrected chi connectivity index (χ0v) is 29.2. The van der Waals surface area contributed by atoms with Crippen molar-refractivity contribution in [3.8, 4) is 22.4 Å². The van der Waals surface area contributed by atoms with Crippen molar-refractivity contribution in [1.29, 1.82) is 0 Å². The van der Waals surface area contributed by atoms with E-state index in [-0.39, 0.29) is 10.7 Å². The second kappa shape index (κ2) is 14.3. The van der Waals surface area contributed by atoms with Gasteiger partial charge in [0.1, 0.15) is 0 Å². The van der Waals surface area contributed by atoms with E-state index in [2.05, 4.69) is 139 Å². The number of rotatable bonds is 7. The fourth-order valence-corrected chi connectivity index (χ4v) is 10.3. The van der Waals surface area contributed by atoms with Crippen molar-refractivity contribution in [3.63, 3.8) is 0 Å². The van der Waals surface area contributed by atoms with Crippen LogP contribution in [0.5, 0.6) is 0 Å². The van der Waals surface area contributed by atoms with Gasteiger partial charge in [-0.3, -0.25) is 15.0 Å². The molecule has 5 aromatic rings. The summed E-state index contributed by atoms with van der Waals surface area (Å²) in [7, 11) is 0.446. The first kappa shape index (κ1) is 32.7. The van der Waals surface area contributed by atoms with Crippen LogP contribution in [-0.2, 0) is 6.54 Å². The van der Waals surface area contributed by atoms with Crippen molar-refractivity contribution in [2.45, 2.75) is 41.9 Å². The molecule has 0 atom stereocenters. The molecule has 2 heterocycles. The summed E-state index contributed by atoms with van der Waals surface area (Å²) in [5, 5.41) is 9.39. The molecule has 1 aromatic heterocycles. The van der Waals surface area contributed by atoms with Crippen LogP contribution in [0.25, 0.3) is 11.3 Å². The maximum absolute atomic E-state index is 13.1. The molecule has 1 aliphatic heterocycles. The predicted molar refractivity (Wildman–Crippen MR) is 198 cm³/mol. The van der Waals surface area contributed by atoms with Gasteiger partial charge >= 0.3 is 0 Å². The first-order valence-electron chi connectivity index (χ1n) is 16.0. The van der Waals surface area contributed by atoms with Crippen molar-refractivity contribution in [2.75, 3.05) is 38.5 Å². The Kier molecular flexibility index (Phi) is 9.95. The molecule has 1 N–H and O–H groups in total. The molecule has 5 nitrogen and oxygen atoms in total. The number of thiazole rings is 1. The van der Waals surface area contributed by atoms with Crippen molar-refractivity contribution >= 4 is 32.4 Å². The van der Waals surface area contributed by atoms with Crippen molar-refractivity contribution in [1.82, 2.24) is 14.8 Å². The summed E-state index contributed by atoms with van der Waals surface area (Å²) in [6, 6.07) is 37.6. The van der Waals surface area contributed by atoms with Gasteiger partial charge in [-0.15, -0.1) is 21.4 Å². The molecule has 0 aliphatic carbocycles. The third-order valence-electron chi connectivity index (χ3n) is 8.56. The number of hydrogen-bond donors (Lipinski definition) is 1. The predicted octanol–water partition coefficient (Wildman–Crippen LogP) is 8.84. The van der Waals surface area contributed by atoms with E-state index >= 15 is 0 Å². The monoisotopic (exact) mass is 658 g/mol. The normalized spacial score (nSPS) is 14.6. The molecule has 0 radical (unpaired) electrons. The van der Waals surface area contributed by atoms with Gasteiger partial charge in [0.25, 0.3) is 5.91 Å². The molecular formula is C40H42N4OS2. The number of aromatic nitrogens is 1. The lowest BCUT2D eigenvalue weighted by molar-refractivity contribution is 0.102. The van der Waals surface area contributed by atoms with Gasteiger partial charge in [-0.25, -0.2) is 4.98 Å². The Balaban J connectivity index is 1.19. The second-order valence-electron chi connectivity index (χ2n) is 12.9. The molecule has 1 aliphatic rings. The second-order valence-corrected chi connectivity index (χ2v) is 17.4. The summed E-state index contributed by atoms with van der Waals surface area (Å²) in [5.41, 5.74) is 4.57. The summed E-state index contributed by atoms with van der Waals surface area (Å²) in [6.45, 7) is 12.1. The molecular weight excluding hydrogens is 617 g/mol. The minimum absolute atomic E-state index is 0.104. The van der Waals surface area contributed by atoms with Gasteiger partial charge < -0.3 is 4.90 Å². The topological polar surface area (TPSA) is 48.5 Å². The first-order valence-corrected chi connectivity index (χ1v) is 18.6. The van der Waals surface area contributed by atoms with E-state index in [1.807, 2.05) is 29.6 Å². The van der Waals surface area contributed by atoms with E-state index in [0.717, 1.165) is 49.5 Å². The smallest absolute Gasteiger partial charge is 0.257 e. The standard InChI is InChI=1S/C40H42N4OS2/c1-40(2,3)47(35-14-7-5-8-15-35,36-16-9-6-10-17-36)27-22-31-12-11-13-34(28-31)37-30-46-39(41-37)42-38(45)33-20-18-32(19-21-33)29-44-25-23-43(4)24-26-44/h5-21,28,30H,23-26,29H2,1-4H3,(H,41,42,45). The fourth-order valence-electron chi connectivity index (χ4n) is 5.91. The maximum Gasteiger partial charge on any atom is 0.257 e. The van der Waals surface area contributed by atoms with Crippen LogP contribution in [0.15, 0.2) is 124 Å². The Morgan fingerprint density at radius 2 is 1.49 bits per heavy atom. The highest BCUT2D eigenvalue weighted by Crippen LogP contribution is 2.69. The summed E-state index contributed by atoms with van der Waals surface area (Å²) < 4.78 is -0.104. The summed E-state index contributed by atoms with van der Waals surface area (Å²) in [4.78, 5) is 25.2. The largest absolute Gasteiger partial charge is 0.304 e. The third-order valence-corrected chi connectivity index (χ3v) is 13.5. The molecule has 6 rings (SSSR count). The van der Waals surface area contributed by atoms with Crippen LogP contribution in [0.3, 0.4) is 0 Å². The Labute approximate surface area is 285 Å². The van der Waals surface area contributed by atoms with Crippen molar-refractivity contribution < 1.29 is 4.79 Å². The summed E-state index contributed by atoms with van der Waals surface area (Å²) >= 11 is 1.43. The van der Waals surface area contributed by atoms with Crippen LogP contribution in [0.2, 0.25) is 0 Å². The number of carbonyl (C=O) groups is 1. The van der Waals surface area contributed by atoms with E-state index in [1.54, 1.807) is 0 Å².